The van der Waals surface area contributed by atoms with Gasteiger partial charge in [0, 0.05) is 13.1 Å². The molecule has 0 amide bonds. The largest absolute Gasteiger partial charge is 0.497 e. The third-order valence-electron chi connectivity index (χ3n) is 5.08. The standard InChI is InChI=1S/C22H27NO6S/c1-3-28-19-7-9-21(10-8-19)30(25,26)23-13-11-18(12-14-23)22(24)29-16-17-5-4-6-20(15-17)27-2/h4-10,15,18H,3,11-14,16H2,1-2H3. The van der Waals surface area contributed by atoms with E-state index in [1.54, 1.807) is 31.4 Å². The molecule has 0 spiro atoms. The fraction of sp³-hybridized carbons (Fsp3) is 0.409. The van der Waals surface area contributed by atoms with Crippen LogP contribution in [-0.4, -0.2) is 45.5 Å². The minimum Gasteiger partial charge on any atom is -0.497 e. The minimum atomic E-state index is -3.59. The van der Waals surface area contributed by atoms with Crippen molar-refractivity contribution in [2.45, 2.75) is 31.3 Å². The van der Waals surface area contributed by atoms with Gasteiger partial charge < -0.3 is 14.2 Å². The molecule has 7 nitrogen and oxygen atoms in total. The first kappa shape index (κ1) is 22.1. The van der Waals surface area contributed by atoms with Crippen molar-refractivity contribution in [1.82, 2.24) is 4.31 Å². The van der Waals surface area contributed by atoms with Crippen LogP contribution < -0.4 is 9.47 Å². The fourth-order valence-electron chi connectivity index (χ4n) is 3.39. The lowest BCUT2D eigenvalue weighted by Crippen LogP contribution is -2.40. The van der Waals surface area contributed by atoms with E-state index in [2.05, 4.69) is 0 Å². The first-order chi connectivity index (χ1) is 14.4. The molecule has 1 aliphatic heterocycles. The van der Waals surface area contributed by atoms with Gasteiger partial charge in [-0.15, -0.1) is 0 Å². The Kier molecular flexibility index (Phi) is 7.33. The SMILES string of the molecule is CCOc1ccc(S(=O)(=O)N2CCC(C(=O)OCc3cccc(OC)c3)CC2)cc1. The molecule has 3 rings (SSSR count). The summed E-state index contributed by atoms with van der Waals surface area (Å²) in [6.07, 6.45) is 0.875. The van der Waals surface area contributed by atoms with Gasteiger partial charge in [-0.25, -0.2) is 8.42 Å². The molecule has 162 valence electrons. The van der Waals surface area contributed by atoms with E-state index in [4.69, 9.17) is 14.2 Å². The van der Waals surface area contributed by atoms with E-state index >= 15 is 0 Å². The molecule has 0 N–H and O–H groups in total. The van der Waals surface area contributed by atoms with Crippen molar-refractivity contribution in [2.24, 2.45) is 5.92 Å². The quantitative estimate of drug-likeness (QED) is 0.595. The highest BCUT2D eigenvalue weighted by Crippen LogP contribution is 2.26. The molecular formula is C22H27NO6S. The van der Waals surface area contributed by atoms with Crippen molar-refractivity contribution >= 4 is 16.0 Å². The van der Waals surface area contributed by atoms with Crippen molar-refractivity contribution < 1.29 is 27.4 Å². The summed E-state index contributed by atoms with van der Waals surface area (Å²) in [7, 11) is -2.01. The van der Waals surface area contributed by atoms with E-state index in [0.29, 0.717) is 30.9 Å². The van der Waals surface area contributed by atoms with Crippen LogP contribution in [0, 0.1) is 5.92 Å². The van der Waals surface area contributed by atoms with Gasteiger partial charge in [0.1, 0.15) is 18.1 Å². The molecule has 0 saturated carbocycles. The molecule has 1 fully saturated rings. The summed E-state index contributed by atoms with van der Waals surface area (Å²) < 4.78 is 43.1. The van der Waals surface area contributed by atoms with E-state index in [1.165, 1.54) is 4.31 Å². The Hall–Kier alpha value is -2.58. The summed E-state index contributed by atoms with van der Waals surface area (Å²) in [4.78, 5) is 12.6. The molecule has 0 bridgehead atoms. The molecule has 1 aliphatic rings. The van der Waals surface area contributed by atoms with Gasteiger partial charge in [0.15, 0.2) is 0 Å². The molecule has 0 aromatic heterocycles. The van der Waals surface area contributed by atoms with Crippen LogP contribution in [0.15, 0.2) is 53.4 Å². The zero-order chi connectivity index (χ0) is 21.6. The number of hydrogen-bond donors (Lipinski definition) is 0. The Bertz CT molecular complexity index is 950. The zero-order valence-corrected chi connectivity index (χ0v) is 18.1. The van der Waals surface area contributed by atoms with E-state index in [1.807, 2.05) is 31.2 Å². The summed E-state index contributed by atoms with van der Waals surface area (Å²) in [5.74, 6) is 0.739. The monoisotopic (exact) mass is 433 g/mol. The van der Waals surface area contributed by atoms with Crippen molar-refractivity contribution in [1.29, 1.82) is 0 Å². The summed E-state index contributed by atoms with van der Waals surface area (Å²) in [5, 5.41) is 0. The van der Waals surface area contributed by atoms with E-state index < -0.39 is 10.0 Å². The predicted octanol–water partition coefficient (Wildman–Crippen LogP) is 3.24. The Morgan fingerprint density at radius 1 is 1.07 bits per heavy atom. The lowest BCUT2D eigenvalue weighted by molar-refractivity contribution is -0.151. The van der Waals surface area contributed by atoms with Gasteiger partial charge in [-0.1, -0.05) is 12.1 Å². The van der Waals surface area contributed by atoms with Crippen LogP contribution in [0.25, 0.3) is 0 Å². The second-order valence-corrected chi connectivity index (χ2v) is 8.98. The lowest BCUT2D eigenvalue weighted by Gasteiger charge is -2.30. The molecule has 1 heterocycles. The second kappa shape index (κ2) is 9.95. The fourth-order valence-corrected chi connectivity index (χ4v) is 4.86. The van der Waals surface area contributed by atoms with Crippen LogP contribution in [0.5, 0.6) is 11.5 Å². The summed E-state index contributed by atoms with van der Waals surface area (Å²) >= 11 is 0. The average Bonchev–Trinajstić information content (AvgIpc) is 2.78. The third kappa shape index (κ3) is 5.31. The maximum Gasteiger partial charge on any atom is 0.309 e. The molecule has 2 aromatic carbocycles. The Morgan fingerprint density at radius 2 is 1.77 bits per heavy atom. The number of hydrogen-bond acceptors (Lipinski definition) is 6. The van der Waals surface area contributed by atoms with E-state index in [9.17, 15) is 13.2 Å². The highest BCUT2D eigenvalue weighted by molar-refractivity contribution is 7.89. The normalized spacial score (nSPS) is 15.5. The molecule has 8 heteroatoms. The number of carbonyl (C=O) groups is 1. The van der Waals surface area contributed by atoms with Crippen LogP contribution in [0.4, 0.5) is 0 Å². The van der Waals surface area contributed by atoms with Gasteiger partial charge in [0.25, 0.3) is 0 Å². The van der Waals surface area contributed by atoms with Gasteiger partial charge in [-0.3, -0.25) is 4.79 Å². The first-order valence-electron chi connectivity index (χ1n) is 9.96. The smallest absolute Gasteiger partial charge is 0.309 e. The molecular weight excluding hydrogens is 406 g/mol. The maximum absolute atomic E-state index is 12.9. The lowest BCUT2D eigenvalue weighted by atomic mass is 9.98. The second-order valence-electron chi connectivity index (χ2n) is 7.04. The van der Waals surface area contributed by atoms with Gasteiger partial charge in [0.05, 0.1) is 24.5 Å². The molecule has 1 saturated heterocycles. The molecule has 0 atom stereocenters. The maximum atomic E-state index is 12.9. The van der Waals surface area contributed by atoms with Crippen LogP contribution in [0.2, 0.25) is 0 Å². The number of methoxy groups -OCH3 is 1. The Balaban J connectivity index is 1.53. The third-order valence-corrected chi connectivity index (χ3v) is 6.99. The van der Waals surface area contributed by atoms with E-state index in [0.717, 1.165) is 5.56 Å². The number of piperidine rings is 1. The van der Waals surface area contributed by atoms with Crippen molar-refractivity contribution in [3.05, 3.63) is 54.1 Å². The van der Waals surface area contributed by atoms with Crippen LogP contribution in [-0.2, 0) is 26.2 Å². The number of benzene rings is 2. The van der Waals surface area contributed by atoms with Gasteiger partial charge in [-0.2, -0.15) is 4.31 Å². The molecule has 2 aromatic rings. The van der Waals surface area contributed by atoms with E-state index in [-0.39, 0.29) is 36.5 Å². The van der Waals surface area contributed by atoms with Crippen LogP contribution >= 0.6 is 0 Å². The topological polar surface area (TPSA) is 82.1 Å². The number of ether oxygens (including phenoxy) is 3. The Morgan fingerprint density at radius 3 is 2.40 bits per heavy atom. The Labute approximate surface area is 177 Å². The van der Waals surface area contributed by atoms with Crippen molar-refractivity contribution in [3.63, 3.8) is 0 Å². The van der Waals surface area contributed by atoms with Crippen molar-refractivity contribution in [3.8, 4) is 11.5 Å². The number of nitrogens with zero attached hydrogens (tertiary/aromatic N) is 1. The summed E-state index contributed by atoms with van der Waals surface area (Å²) in [6, 6.07) is 13.8. The summed E-state index contributed by atoms with van der Waals surface area (Å²) in [6.45, 7) is 3.13. The highest BCUT2D eigenvalue weighted by atomic mass is 32.2. The summed E-state index contributed by atoms with van der Waals surface area (Å²) in [5.41, 5.74) is 0.846. The molecule has 0 aliphatic carbocycles. The minimum absolute atomic E-state index is 0.167. The number of sulfonamides is 1. The highest BCUT2D eigenvalue weighted by Gasteiger charge is 2.32. The molecule has 0 unspecified atom stereocenters. The number of carbonyl (C=O) groups excluding carboxylic acids is 1. The molecule has 0 radical (unpaired) electrons. The van der Waals surface area contributed by atoms with Crippen LogP contribution in [0.3, 0.4) is 0 Å². The predicted molar refractivity (Wildman–Crippen MR) is 112 cm³/mol. The number of rotatable bonds is 8. The van der Waals surface area contributed by atoms with Crippen LogP contribution in [0.1, 0.15) is 25.3 Å². The van der Waals surface area contributed by atoms with Gasteiger partial charge in [0.2, 0.25) is 10.0 Å². The van der Waals surface area contributed by atoms with Crippen molar-refractivity contribution in [2.75, 3.05) is 26.8 Å². The van der Waals surface area contributed by atoms with Gasteiger partial charge >= 0.3 is 5.97 Å². The number of esters is 1. The zero-order valence-electron chi connectivity index (χ0n) is 17.2. The molecule has 30 heavy (non-hydrogen) atoms. The average molecular weight is 434 g/mol. The first-order valence-corrected chi connectivity index (χ1v) is 11.4. The van der Waals surface area contributed by atoms with Gasteiger partial charge in [-0.05, 0) is 61.7 Å².